The van der Waals surface area contributed by atoms with E-state index >= 15 is 0 Å². The van der Waals surface area contributed by atoms with Crippen molar-refractivity contribution < 1.29 is 28.8 Å². The fraction of sp³-hybridized carbons (Fsp3) is 0.318. The molecule has 2 rings (SSSR count). The number of nitrogens with zero attached hydrogens (tertiary/aromatic N) is 1. The van der Waals surface area contributed by atoms with E-state index < -0.39 is 28.4 Å². The first kappa shape index (κ1) is 24.7. The molecular weight excluding hydrogens is 436 g/mol. The summed E-state index contributed by atoms with van der Waals surface area (Å²) >= 11 is 0.915. The van der Waals surface area contributed by atoms with E-state index in [1.54, 1.807) is 40.7 Å². The van der Waals surface area contributed by atoms with Crippen LogP contribution in [0, 0.1) is 17.0 Å². The van der Waals surface area contributed by atoms with Crippen LogP contribution >= 0.6 is 11.3 Å². The van der Waals surface area contributed by atoms with Gasteiger partial charge >= 0.3 is 11.9 Å². The maximum atomic E-state index is 12.6. The van der Waals surface area contributed by atoms with Gasteiger partial charge in [0, 0.05) is 18.2 Å². The first-order chi connectivity index (χ1) is 14.9. The van der Waals surface area contributed by atoms with Crippen LogP contribution in [0.15, 0.2) is 30.3 Å². The molecule has 0 aliphatic carbocycles. The predicted molar refractivity (Wildman–Crippen MR) is 121 cm³/mol. The Labute approximate surface area is 189 Å². The summed E-state index contributed by atoms with van der Waals surface area (Å²) < 4.78 is 10.5. The van der Waals surface area contributed by atoms with Crippen molar-refractivity contribution in [2.24, 2.45) is 0 Å². The van der Waals surface area contributed by atoms with Crippen LogP contribution in [0.3, 0.4) is 0 Å². The summed E-state index contributed by atoms with van der Waals surface area (Å²) in [6, 6.07) is 5.78. The predicted octanol–water partition coefficient (Wildman–Crippen LogP) is 4.75. The number of ether oxygens (including phenoxy) is 2. The SMILES string of the molecule is CCOC(=O)c1c(NC(=O)/C=C/c2cccc([N+](=O)[O-])c2)sc(C(=O)OC(C)(C)C)c1C. The number of non-ortho nitro benzene ring substituents is 1. The highest BCUT2D eigenvalue weighted by Crippen LogP contribution is 2.35. The molecule has 32 heavy (non-hydrogen) atoms. The summed E-state index contributed by atoms with van der Waals surface area (Å²) in [5, 5.41) is 13.6. The Kier molecular flexibility index (Phi) is 7.87. The summed E-state index contributed by atoms with van der Waals surface area (Å²) in [4.78, 5) is 48.0. The summed E-state index contributed by atoms with van der Waals surface area (Å²) in [7, 11) is 0. The summed E-state index contributed by atoms with van der Waals surface area (Å²) in [5.41, 5.74) is 0.0440. The fourth-order valence-electron chi connectivity index (χ4n) is 2.64. The van der Waals surface area contributed by atoms with Crippen molar-refractivity contribution in [1.29, 1.82) is 0 Å². The molecule has 0 spiro atoms. The molecule has 1 N–H and O–H groups in total. The first-order valence-corrected chi connectivity index (χ1v) is 10.5. The number of hydrogen-bond donors (Lipinski definition) is 1. The van der Waals surface area contributed by atoms with E-state index in [-0.39, 0.29) is 27.7 Å². The van der Waals surface area contributed by atoms with Crippen molar-refractivity contribution >= 4 is 45.9 Å². The number of benzene rings is 1. The number of nitrogens with one attached hydrogen (secondary N) is 1. The number of nitro groups is 1. The lowest BCUT2D eigenvalue weighted by Crippen LogP contribution is -2.23. The molecule has 0 bridgehead atoms. The molecule has 10 heteroatoms. The normalized spacial score (nSPS) is 11.3. The van der Waals surface area contributed by atoms with Crippen molar-refractivity contribution in [2.45, 2.75) is 40.2 Å². The lowest BCUT2D eigenvalue weighted by Gasteiger charge is -2.19. The maximum Gasteiger partial charge on any atom is 0.349 e. The Balaban J connectivity index is 2.32. The van der Waals surface area contributed by atoms with Gasteiger partial charge in [-0.05, 0) is 51.8 Å². The molecule has 0 aliphatic rings. The van der Waals surface area contributed by atoms with Gasteiger partial charge in [-0.2, -0.15) is 0 Å². The lowest BCUT2D eigenvalue weighted by atomic mass is 10.1. The average Bonchev–Trinajstić information content (AvgIpc) is 3.01. The third kappa shape index (κ3) is 6.48. The van der Waals surface area contributed by atoms with Crippen molar-refractivity contribution in [1.82, 2.24) is 0 Å². The minimum atomic E-state index is -0.734. The van der Waals surface area contributed by atoms with E-state index in [1.165, 1.54) is 30.4 Å². The van der Waals surface area contributed by atoms with Gasteiger partial charge in [-0.15, -0.1) is 11.3 Å². The molecule has 0 atom stereocenters. The zero-order chi connectivity index (χ0) is 24.1. The Hall–Kier alpha value is -3.53. The highest BCUT2D eigenvalue weighted by molar-refractivity contribution is 7.18. The second-order valence-corrected chi connectivity index (χ2v) is 8.68. The number of amides is 1. The van der Waals surface area contributed by atoms with Crippen LogP contribution in [-0.4, -0.2) is 35.0 Å². The number of thiophene rings is 1. The van der Waals surface area contributed by atoms with E-state index in [0.717, 1.165) is 11.3 Å². The van der Waals surface area contributed by atoms with Gasteiger partial charge < -0.3 is 14.8 Å². The van der Waals surface area contributed by atoms with Gasteiger partial charge in [0.2, 0.25) is 5.91 Å². The quantitative estimate of drug-likeness (QED) is 0.274. The highest BCUT2D eigenvalue weighted by Gasteiger charge is 2.29. The highest BCUT2D eigenvalue weighted by atomic mass is 32.1. The molecule has 0 fully saturated rings. The van der Waals surface area contributed by atoms with Gasteiger partial charge in [0.1, 0.15) is 15.5 Å². The molecule has 0 saturated heterocycles. The van der Waals surface area contributed by atoms with Crippen LogP contribution in [0.5, 0.6) is 0 Å². The summed E-state index contributed by atoms with van der Waals surface area (Å²) in [6.07, 6.45) is 2.58. The van der Waals surface area contributed by atoms with Crippen LogP contribution in [0.25, 0.3) is 6.08 Å². The van der Waals surface area contributed by atoms with Crippen molar-refractivity contribution in [3.05, 3.63) is 62.0 Å². The number of anilines is 1. The molecule has 1 aromatic heterocycles. The Bertz CT molecular complexity index is 1080. The van der Waals surface area contributed by atoms with Gasteiger partial charge in [-0.1, -0.05) is 12.1 Å². The van der Waals surface area contributed by atoms with E-state index in [9.17, 15) is 24.5 Å². The van der Waals surface area contributed by atoms with Crippen LogP contribution in [0.2, 0.25) is 0 Å². The maximum absolute atomic E-state index is 12.6. The number of esters is 2. The van der Waals surface area contributed by atoms with Gasteiger partial charge in [0.15, 0.2) is 0 Å². The Morgan fingerprint density at radius 1 is 1.22 bits per heavy atom. The minimum absolute atomic E-state index is 0.0785. The molecule has 1 heterocycles. The first-order valence-electron chi connectivity index (χ1n) is 9.70. The van der Waals surface area contributed by atoms with E-state index in [4.69, 9.17) is 9.47 Å². The van der Waals surface area contributed by atoms with Gasteiger partial charge in [0.25, 0.3) is 5.69 Å². The van der Waals surface area contributed by atoms with Crippen LogP contribution in [0.4, 0.5) is 10.7 Å². The fourth-order valence-corrected chi connectivity index (χ4v) is 3.71. The zero-order valence-corrected chi connectivity index (χ0v) is 19.2. The number of rotatable bonds is 7. The molecule has 1 amide bonds. The van der Waals surface area contributed by atoms with Crippen LogP contribution in [0.1, 0.15) is 58.9 Å². The standard InChI is InChI=1S/C22H24N2O7S/c1-6-30-20(26)17-13(2)18(21(27)31-22(3,4)5)32-19(17)23-16(25)11-10-14-8-7-9-15(12-14)24(28)29/h7-12H,6H2,1-5H3,(H,23,25)/b11-10+. The third-order valence-electron chi connectivity index (χ3n) is 3.96. The molecule has 0 saturated carbocycles. The van der Waals surface area contributed by atoms with E-state index in [1.807, 2.05) is 0 Å². The second-order valence-electron chi connectivity index (χ2n) is 7.66. The molecular formula is C22H24N2O7S. The Morgan fingerprint density at radius 2 is 1.91 bits per heavy atom. The van der Waals surface area contributed by atoms with E-state index in [0.29, 0.717) is 11.1 Å². The van der Waals surface area contributed by atoms with E-state index in [2.05, 4.69) is 5.32 Å². The molecule has 1 aromatic carbocycles. The van der Waals surface area contributed by atoms with Gasteiger partial charge in [0.05, 0.1) is 17.1 Å². The minimum Gasteiger partial charge on any atom is -0.462 e. The third-order valence-corrected chi connectivity index (χ3v) is 5.14. The number of hydrogen-bond acceptors (Lipinski definition) is 8. The van der Waals surface area contributed by atoms with Gasteiger partial charge in [-0.3, -0.25) is 14.9 Å². The van der Waals surface area contributed by atoms with Crippen molar-refractivity contribution in [3.63, 3.8) is 0 Å². The van der Waals surface area contributed by atoms with Crippen molar-refractivity contribution in [2.75, 3.05) is 11.9 Å². The number of carbonyl (C=O) groups is 3. The second kappa shape index (κ2) is 10.2. The number of nitro benzene ring substituents is 1. The summed E-state index contributed by atoms with van der Waals surface area (Å²) in [5.74, 6) is -1.87. The zero-order valence-electron chi connectivity index (χ0n) is 18.4. The van der Waals surface area contributed by atoms with Crippen LogP contribution in [-0.2, 0) is 14.3 Å². The molecule has 0 aliphatic heterocycles. The topological polar surface area (TPSA) is 125 Å². The Morgan fingerprint density at radius 3 is 2.50 bits per heavy atom. The molecule has 2 aromatic rings. The molecule has 170 valence electrons. The molecule has 9 nitrogen and oxygen atoms in total. The molecule has 0 unspecified atom stereocenters. The number of carbonyl (C=O) groups excluding carboxylic acids is 3. The lowest BCUT2D eigenvalue weighted by molar-refractivity contribution is -0.384. The van der Waals surface area contributed by atoms with Crippen molar-refractivity contribution in [3.8, 4) is 0 Å². The largest absolute Gasteiger partial charge is 0.462 e. The van der Waals surface area contributed by atoms with Crippen LogP contribution < -0.4 is 5.32 Å². The molecule has 0 radical (unpaired) electrons. The summed E-state index contributed by atoms with van der Waals surface area (Å²) in [6.45, 7) is 8.52. The van der Waals surface area contributed by atoms with Gasteiger partial charge in [-0.25, -0.2) is 9.59 Å². The monoisotopic (exact) mass is 460 g/mol. The average molecular weight is 461 g/mol. The smallest absolute Gasteiger partial charge is 0.349 e.